The van der Waals surface area contributed by atoms with Crippen LogP contribution in [-0.4, -0.2) is 43.4 Å². The summed E-state index contributed by atoms with van der Waals surface area (Å²) in [5.41, 5.74) is 1.85. The maximum Gasteiger partial charge on any atom is 0.280 e. The Morgan fingerprint density at radius 3 is 2.38 bits per heavy atom. The first-order valence-electron chi connectivity index (χ1n) is 8.75. The lowest BCUT2D eigenvalue weighted by Crippen LogP contribution is -3.12. The number of hydrogen-bond acceptors (Lipinski definition) is 3. The highest BCUT2D eigenvalue weighted by Gasteiger charge is 2.27. The van der Waals surface area contributed by atoms with Gasteiger partial charge < -0.3 is 19.5 Å². The van der Waals surface area contributed by atoms with Gasteiger partial charge in [0, 0.05) is 12.7 Å². The van der Waals surface area contributed by atoms with Crippen molar-refractivity contribution in [2.75, 3.05) is 26.0 Å². The van der Waals surface area contributed by atoms with Gasteiger partial charge in [0.2, 0.25) is 5.91 Å². The average Bonchev–Trinajstić information content (AvgIpc) is 3.00. The van der Waals surface area contributed by atoms with Crippen molar-refractivity contribution in [1.82, 2.24) is 4.90 Å². The summed E-state index contributed by atoms with van der Waals surface area (Å²) in [5, 5.41) is 2.81. The number of likely N-dealkylation sites (N-methyl/N-ethyl adjacent to an activating group) is 2. The van der Waals surface area contributed by atoms with Gasteiger partial charge in [0.25, 0.3) is 5.91 Å². The van der Waals surface area contributed by atoms with E-state index in [0.29, 0.717) is 6.54 Å². The second kappa shape index (κ2) is 8.67. The minimum Gasteiger partial charge on any atom is -0.460 e. The molecule has 0 aliphatic rings. The Morgan fingerprint density at radius 2 is 1.81 bits per heavy atom. The number of rotatable bonds is 7. The number of benzene rings is 1. The third-order valence-electron chi connectivity index (χ3n) is 4.45. The summed E-state index contributed by atoms with van der Waals surface area (Å²) < 4.78 is 5.57. The zero-order valence-corrected chi connectivity index (χ0v) is 16.1. The summed E-state index contributed by atoms with van der Waals surface area (Å²) in [5.74, 6) is 1.41. The van der Waals surface area contributed by atoms with E-state index in [1.54, 1.807) is 7.05 Å². The summed E-state index contributed by atoms with van der Waals surface area (Å²) in [7, 11) is 3.60. The topological polar surface area (TPSA) is 67.0 Å². The van der Waals surface area contributed by atoms with Crippen LogP contribution in [0.2, 0.25) is 0 Å². The van der Waals surface area contributed by atoms with Crippen molar-refractivity contribution in [1.29, 1.82) is 0 Å². The summed E-state index contributed by atoms with van der Waals surface area (Å²) in [6, 6.07) is 11.1. The first-order valence-corrected chi connectivity index (χ1v) is 8.75. The first-order chi connectivity index (χ1) is 12.3. The molecule has 1 aromatic heterocycles. The number of carbonyl (C=O) groups excluding carboxylic acids is 2. The Labute approximate surface area is 154 Å². The second-order valence-electron chi connectivity index (χ2n) is 6.87. The molecule has 0 aliphatic heterocycles. The lowest BCUT2D eigenvalue weighted by atomic mass is 10.2. The molecule has 1 unspecified atom stereocenters. The average molecular weight is 358 g/mol. The molecule has 0 aliphatic carbocycles. The van der Waals surface area contributed by atoms with Gasteiger partial charge >= 0.3 is 0 Å². The van der Waals surface area contributed by atoms with E-state index < -0.39 is 0 Å². The highest BCUT2D eigenvalue weighted by atomic mass is 16.3. The second-order valence-corrected chi connectivity index (χ2v) is 6.87. The predicted octanol–water partition coefficient (Wildman–Crippen LogP) is 1.40. The van der Waals surface area contributed by atoms with E-state index >= 15 is 0 Å². The molecule has 6 nitrogen and oxygen atoms in total. The molecule has 0 fully saturated rings. The summed E-state index contributed by atoms with van der Waals surface area (Å²) >= 11 is 0. The van der Waals surface area contributed by atoms with E-state index in [2.05, 4.69) is 5.32 Å². The van der Waals surface area contributed by atoms with Crippen molar-refractivity contribution in [3.63, 3.8) is 0 Å². The number of amides is 2. The fraction of sp³-hybridized carbons (Fsp3) is 0.400. The van der Waals surface area contributed by atoms with E-state index in [0.717, 1.165) is 27.7 Å². The molecule has 0 saturated heterocycles. The van der Waals surface area contributed by atoms with Crippen LogP contribution < -0.4 is 10.2 Å². The molecule has 0 spiro atoms. The molecular formula is C20H28N3O3+. The van der Waals surface area contributed by atoms with Gasteiger partial charge in [0.1, 0.15) is 12.3 Å². The van der Waals surface area contributed by atoms with E-state index in [9.17, 15) is 9.59 Å². The van der Waals surface area contributed by atoms with Crippen LogP contribution in [-0.2, 0) is 16.1 Å². The van der Waals surface area contributed by atoms with Gasteiger partial charge in [-0.15, -0.1) is 0 Å². The molecule has 26 heavy (non-hydrogen) atoms. The van der Waals surface area contributed by atoms with Crippen molar-refractivity contribution in [3.8, 4) is 0 Å². The molecule has 2 amide bonds. The molecule has 2 N–H and O–H groups in total. The minimum atomic E-state index is -0.280. The highest BCUT2D eigenvalue weighted by molar-refractivity contribution is 5.94. The fourth-order valence-corrected chi connectivity index (χ4v) is 2.68. The van der Waals surface area contributed by atoms with Crippen LogP contribution in [0.25, 0.3) is 0 Å². The number of furan rings is 1. The molecule has 6 heteroatoms. The van der Waals surface area contributed by atoms with Crippen LogP contribution in [0, 0.1) is 13.8 Å². The highest BCUT2D eigenvalue weighted by Crippen LogP contribution is 2.08. The molecule has 140 valence electrons. The van der Waals surface area contributed by atoms with E-state index in [4.69, 9.17) is 4.42 Å². The molecule has 0 radical (unpaired) electrons. The Bertz CT molecular complexity index is 752. The summed E-state index contributed by atoms with van der Waals surface area (Å²) in [6.07, 6.45) is 0. The number of aryl methyl sites for hydroxylation is 2. The third-order valence-corrected chi connectivity index (χ3v) is 4.45. The Morgan fingerprint density at radius 1 is 1.15 bits per heavy atom. The van der Waals surface area contributed by atoms with Gasteiger partial charge in [-0.05, 0) is 45.0 Å². The molecule has 2 rings (SSSR count). The van der Waals surface area contributed by atoms with E-state index in [1.807, 2.05) is 64.2 Å². The van der Waals surface area contributed by atoms with Crippen molar-refractivity contribution in [2.45, 2.75) is 33.4 Å². The van der Waals surface area contributed by atoms with Gasteiger partial charge in [-0.2, -0.15) is 0 Å². The molecular weight excluding hydrogens is 330 g/mol. The zero-order valence-electron chi connectivity index (χ0n) is 16.1. The fourth-order valence-electron chi connectivity index (χ4n) is 2.68. The zero-order chi connectivity index (χ0) is 19.3. The van der Waals surface area contributed by atoms with Crippen LogP contribution >= 0.6 is 0 Å². The quantitative estimate of drug-likeness (QED) is 0.786. The van der Waals surface area contributed by atoms with Gasteiger partial charge in [-0.3, -0.25) is 9.59 Å². The van der Waals surface area contributed by atoms with Gasteiger partial charge in [-0.25, -0.2) is 0 Å². The van der Waals surface area contributed by atoms with Crippen molar-refractivity contribution >= 4 is 17.5 Å². The summed E-state index contributed by atoms with van der Waals surface area (Å²) in [6.45, 7) is 6.38. The predicted molar refractivity (Wildman–Crippen MR) is 101 cm³/mol. The van der Waals surface area contributed by atoms with Gasteiger partial charge in [-0.1, -0.05) is 17.7 Å². The molecule has 2 aromatic rings. The van der Waals surface area contributed by atoms with E-state index in [1.165, 1.54) is 4.90 Å². The van der Waals surface area contributed by atoms with Crippen LogP contribution in [0.5, 0.6) is 0 Å². The Balaban J connectivity index is 1.86. The van der Waals surface area contributed by atoms with Gasteiger partial charge in [0.05, 0.1) is 13.6 Å². The standard InChI is InChI=1S/C20H27N3O3/c1-14-6-9-17(10-7-14)21-19(24)13-23(5)20(25)16(3)22(4)12-18-11-8-15(2)26-18/h6-11,16H,12-13H2,1-5H3,(H,21,24)/p+1/t16-/m0/s1. The molecule has 1 heterocycles. The van der Waals surface area contributed by atoms with Crippen LogP contribution in [0.3, 0.4) is 0 Å². The normalized spacial score (nSPS) is 13.1. The number of nitrogens with zero attached hydrogens (tertiary/aromatic N) is 1. The molecule has 1 aromatic carbocycles. The third kappa shape index (κ3) is 5.46. The Hall–Kier alpha value is -2.60. The number of anilines is 1. The monoisotopic (exact) mass is 358 g/mol. The van der Waals surface area contributed by atoms with Crippen LogP contribution in [0.4, 0.5) is 5.69 Å². The molecule has 0 bridgehead atoms. The first kappa shape index (κ1) is 19.7. The smallest absolute Gasteiger partial charge is 0.280 e. The molecule has 2 atom stereocenters. The number of carbonyl (C=O) groups is 2. The number of quaternary nitrogens is 1. The Kier molecular flexibility index (Phi) is 6.58. The van der Waals surface area contributed by atoms with Gasteiger partial charge in [0.15, 0.2) is 11.8 Å². The van der Waals surface area contributed by atoms with E-state index in [-0.39, 0.29) is 24.4 Å². The lowest BCUT2D eigenvalue weighted by Gasteiger charge is -2.25. The maximum atomic E-state index is 12.6. The number of hydrogen-bond donors (Lipinski definition) is 2. The number of nitrogens with one attached hydrogen (secondary N) is 2. The largest absolute Gasteiger partial charge is 0.460 e. The van der Waals surface area contributed by atoms with Crippen molar-refractivity contribution in [2.24, 2.45) is 0 Å². The minimum absolute atomic E-state index is 0.0180. The lowest BCUT2D eigenvalue weighted by molar-refractivity contribution is -0.909. The summed E-state index contributed by atoms with van der Waals surface area (Å²) in [4.78, 5) is 27.3. The maximum absolute atomic E-state index is 12.6. The SMILES string of the molecule is Cc1ccc(NC(=O)CN(C)C(=O)[C@H](C)[NH+](C)Cc2ccc(C)o2)cc1. The van der Waals surface area contributed by atoms with Crippen LogP contribution in [0.1, 0.15) is 24.0 Å². The van der Waals surface area contributed by atoms with Crippen LogP contribution in [0.15, 0.2) is 40.8 Å². The van der Waals surface area contributed by atoms with Crippen molar-refractivity contribution in [3.05, 3.63) is 53.5 Å². The van der Waals surface area contributed by atoms with Crippen molar-refractivity contribution < 1.29 is 18.9 Å². The molecule has 0 saturated carbocycles.